The summed E-state index contributed by atoms with van der Waals surface area (Å²) < 4.78 is 6.88. The molecule has 23 heavy (non-hydrogen) atoms. The monoisotopic (exact) mass is 377 g/mol. The van der Waals surface area contributed by atoms with Crippen LogP contribution in [0.2, 0.25) is 0 Å². The normalized spacial score (nSPS) is 35.7. The molecule has 2 bridgehead atoms. The number of carbonyl (C=O) groups excluding carboxylic acids is 1. The molecular weight excluding hydrogens is 362 g/mol. The highest BCUT2D eigenvalue weighted by atomic mass is 79.9. The summed E-state index contributed by atoms with van der Waals surface area (Å²) in [5.41, 5.74) is 0.248. The van der Waals surface area contributed by atoms with Gasteiger partial charge in [-0.1, -0.05) is 40.2 Å². The van der Waals surface area contributed by atoms with Crippen molar-refractivity contribution >= 4 is 27.8 Å². The molecule has 3 aliphatic rings. The number of nitrogens with zero attached hydrogens (tertiary/aromatic N) is 1. The van der Waals surface area contributed by atoms with Crippen molar-refractivity contribution in [2.45, 2.75) is 24.7 Å². The van der Waals surface area contributed by atoms with Crippen molar-refractivity contribution in [1.82, 2.24) is 4.90 Å². The maximum Gasteiger partial charge on any atom is 0.310 e. The Morgan fingerprint density at radius 3 is 2.78 bits per heavy atom. The van der Waals surface area contributed by atoms with E-state index in [0.717, 1.165) is 10.0 Å². The van der Waals surface area contributed by atoms with Crippen LogP contribution >= 0.6 is 15.9 Å². The van der Waals surface area contributed by atoms with Gasteiger partial charge in [-0.2, -0.15) is 0 Å². The van der Waals surface area contributed by atoms with E-state index in [4.69, 9.17) is 4.74 Å². The van der Waals surface area contributed by atoms with E-state index in [2.05, 4.69) is 15.9 Å². The first-order chi connectivity index (χ1) is 10.9. The molecule has 1 N–H and O–H groups in total. The first kappa shape index (κ1) is 14.9. The summed E-state index contributed by atoms with van der Waals surface area (Å²) in [7, 11) is 0. The molecule has 1 spiro atoms. The minimum Gasteiger partial charge on any atom is -0.481 e. The number of likely N-dealkylation sites (tertiary alicyclic amines) is 1. The van der Waals surface area contributed by atoms with Crippen LogP contribution in [0.4, 0.5) is 0 Å². The van der Waals surface area contributed by atoms with Crippen molar-refractivity contribution in [1.29, 1.82) is 0 Å². The third-order valence-corrected chi connectivity index (χ3v) is 5.76. The number of carbonyl (C=O) groups is 2. The van der Waals surface area contributed by atoms with Crippen molar-refractivity contribution in [2.24, 2.45) is 11.8 Å². The van der Waals surface area contributed by atoms with Gasteiger partial charge in [-0.05, 0) is 24.6 Å². The molecule has 2 fully saturated rings. The number of halogens is 1. The van der Waals surface area contributed by atoms with E-state index in [1.807, 2.05) is 37.3 Å². The first-order valence-corrected chi connectivity index (χ1v) is 8.38. The Labute approximate surface area is 142 Å². The van der Waals surface area contributed by atoms with Crippen LogP contribution in [0.5, 0.6) is 0 Å². The Bertz CT molecular complexity index is 716. The summed E-state index contributed by atoms with van der Waals surface area (Å²) in [5.74, 6) is -2.49. The average Bonchev–Trinajstić information content (AvgIpc) is 3.15. The van der Waals surface area contributed by atoms with E-state index in [-0.39, 0.29) is 11.9 Å². The van der Waals surface area contributed by atoms with Gasteiger partial charge in [-0.3, -0.25) is 9.59 Å². The van der Waals surface area contributed by atoms with Crippen LogP contribution in [0.15, 0.2) is 40.9 Å². The lowest BCUT2D eigenvalue weighted by Gasteiger charge is -2.27. The van der Waals surface area contributed by atoms with Gasteiger partial charge < -0.3 is 14.7 Å². The van der Waals surface area contributed by atoms with Crippen LogP contribution in [-0.4, -0.2) is 40.1 Å². The van der Waals surface area contributed by atoms with Gasteiger partial charge in [-0.25, -0.2) is 0 Å². The van der Waals surface area contributed by atoms with Crippen molar-refractivity contribution in [3.63, 3.8) is 0 Å². The molecule has 2 saturated heterocycles. The van der Waals surface area contributed by atoms with Crippen LogP contribution in [0.1, 0.15) is 18.5 Å². The SMILES string of the molecule is C[C@H](c1ccc(Br)cc1)N1C[C@@]23C=C[C@@H](O2)[C@@H](C(=O)O)[C@H]3C1=O. The van der Waals surface area contributed by atoms with Gasteiger partial charge >= 0.3 is 5.97 Å². The minimum absolute atomic E-state index is 0.124. The summed E-state index contributed by atoms with van der Waals surface area (Å²) in [6, 6.07) is 7.69. The number of hydrogen-bond donors (Lipinski definition) is 1. The third-order valence-electron chi connectivity index (χ3n) is 5.23. The van der Waals surface area contributed by atoms with Crippen LogP contribution in [0.3, 0.4) is 0 Å². The third kappa shape index (κ3) is 2.01. The summed E-state index contributed by atoms with van der Waals surface area (Å²) in [6.07, 6.45) is 3.19. The summed E-state index contributed by atoms with van der Waals surface area (Å²) >= 11 is 3.40. The molecule has 0 unspecified atom stereocenters. The quantitative estimate of drug-likeness (QED) is 0.821. The maximum absolute atomic E-state index is 12.9. The Morgan fingerprint density at radius 2 is 2.13 bits per heavy atom. The Kier molecular flexibility index (Phi) is 3.19. The van der Waals surface area contributed by atoms with Crippen molar-refractivity contribution in [2.75, 3.05) is 6.54 Å². The van der Waals surface area contributed by atoms with Crippen LogP contribution in [-0.2, 0) is 14.3 Å². The van der Waals surface area contributed by atoms with Crippen molar-refractivity contribution in [3.05, 3.63) is 46.5 Å². The van der Waals surface area contributed by atoms with Crippen LogP contribution in [0, 0.1) is 11.8 Å². The fourth-order valence-electron chi connectivity index (χ4n) is 4.06. The molecule has 1 amide bonds. The number of carboxylic acids is 1. The molecule has 0 saturated carbocycles. The molecule has 3 heterocycles. The van der Waals surface area contributed by atoms with Gasteiger partial charge in [0.1, 0.15) is 11.5 Å². The van der Waals surface area contributed by atoms with Gasteiger partial charge in [0.15, 0.2) is 0 Å². The Morgan fingerprint density at radius 1 is 1.43 bits per heavy atom. The molecule has 120 valence electrons. The van der Waals surface area contributed by atoms with E-state index in [0.29, 0.717) is 6.54 Å². The molecule has 3 aliphatic heterocycles. The zero-order valence-electron chi connectivity index (χ0n) is 12.5. The highest BCUT2D eigenvalue weighted by molar-refractivity contribution is 9.10. The molecule has 0 aliphatic carbocycles. The van der Waals surface area contributed by atoms with E-state index >= 15 is 0 Å². The number of carboxylic acid groups (broad SMARTS) is 1. The molecule has 1 aromatic carbocycles. The largest absolute Gasteiger partial charge is 0.481 e. The fraction of sp³-hybridized carbons (Fsp3) is 0.412. The molecule has 5 atom stereocenters. The molecule has 0 aromatic heterocycles. The lowest BCUT2D eigenvalue weighted by Crippen LogP contribution is -2.39. The van der Waals surface area contributed by atoms with E-state index < -0.39 is 29.5 Å². The summed E-state index contributed by atoms with van der Waals surface area (Å²) in [4.78, 5) is 26.2. The smallest absolute Gasteiger partial charge is 0.310 e. The number of hydrogen-bond acceptors (Lipinski definition) is 3. The number of benzene rings is 1. The number of ether oxygens (including phenoxy) is 1. The predicted octanol–water partition coefficient (Wildman–Crippen LogP) is 2.38. The number of fused-ring (bicyclic) bond motifs is 1. The van der Waals surface area contributed by atoms with Crippen molar-refractivity contribution < 1.29 is 19.4 Å². The highest BCUT2D eigenvalue weighted by Gasteiger charge is 2.67. The number of amides is 1. The van der Waals surface area contributed by atoms with Gasteiger partial charge in [0.2, 0.25) is 5.91 Å². The topological polar surface area (TPSA) is 66.8 Å². The standard InChI is InChI=1S/C17H16BrNO4/c1-9(10-2-4-11(18)5-3-10)19-8-17-7-6-12(23-17)13(16(21)22)14(17)15(19)20/h2-7,9,12-14H,8H2,1H3,(H,21,22)/t9-,12-,13-,14+,17-/m1/s1. The van der Waals surface area contributed by atoms with Crippen LogP contribution in [0.25, 0.3) is 0 Å². The molecule has 5 nitrogen and oxygen atoms in total. The predicted molar refractivity (Wildman–Crippen MR) is 85.6 cm³/mol. The Balaban J connectivity index is 1.66. The van der Waals surface area contributed by atoms with E-state index in [9.17, 15) is 14.7 Å². The second-order valence-corrected chi connectivity index (χ2v) is 7.35. The van der Waals surface area contributed by atoms with E-state index in [1.54, 1.807) is 11.0 Å². The van der Waals surface area contributed by atoms with Gasteiger partial charge in [0.25, 0.3) is 0 Å². The van der Waals surface area contributed by atoms with Gasteiger partial charge in [0.05, 0.1) is 24.6 Å². The van der Waals surface area contributed by atoms with E-state index in [1.165, 1.54) is 0 Å². The number of rotatable bonds is 3. The molecular formula is C17H16BrNO4. The number of aliphatic carboxylic acids is 1. The lowest BCUT2D eigenvalue weighted by atomic mass is 9.77. The van der Waals surface area contributed by atoms with Crippen LogP contribution < -0.4 is 0 Å². The molecule has 6 heteroatoms. The van der Waals surface area contributed by atoms with Gasteiger partial charge in [0, 0.05) is 4.47 Å². The van der Waals surface area contributed by atoms with Gasteiger partial charge in [-0.15, -0.1) is 0 Å². The molecule has 4 rings (SSSR count). The lowest BCUT2D eigenvalue weighted by molar-refractivity contribution is -0.148. The molecule has 1 aromatic rings. The van der Waals surface area contributed by atoms with Crippen molar-refractivity contribution in [3.8, 4) is 0 Å². The second-order valence-electron chi connectivity index (χ2n) is 6.43. The zero-order valence-corrected chi connectivity index (χ0v) is 14.1. The Hall–Kier alpha value is -1.66. The summed E-state index contributed by atoms with van der Waals surface area (Å²) in [6.45, 7) is 2.37. The average molecular weight is 378 g/mol. The molecule has 0 radical (unpaired) electrons. The maximum atomic E-state index is 12.9. The first-order valence-electron chi connectivity index (χ1n) is 7.59. The fourth-order valence-corrected chi connectivity index (χ4v) is 4.32. The minimum atomic E-state index is -0.960. The summed E-state index contributed by atoms with van der Waals surface area (Å²) in [5, 5.41) is 9.48. The zero-order chi connectivity index (χ0) is 16.4. The second kappa shape index (κ2) is 4.92. The highest BCUT2D eigenvalue weighted by Crippen LogP contribution is 2.53.